The third-order valence-electron chi connectivity index (χ3n) is 4.12. The number of hydrogen-bond donors (Lipinski definition) is 0. The molecule has 1 aliphatic heterocycles. The van der Waals surface area contributed by atoms with Crippen molar-refractivity contribution >= 4 is 5.71 Å². The number of halogens is 3. The third-order valence-corrected chi connectivity index (χ3v) is 4.12. The number of rotatable bonds is 4. The maximum absolute atomic E-state index is 13.3. The van der Waals surface area contributed by atoms with Gasteiger partial charge in [0, 0.05) is 12.4 Å². The molecule has 0 unspecified atom stereocenters. The minimum absolute atomic E-state index is 0.0370. The average Bonchev–Trinajstić information content (AvgIpc) is 3.32. The fourth-order valence-corrected chi connectivity index (χ4v) is 2.91. The Kier molecular flexibility index (Phi) is 4.31. The molecule has 0 bridgehead atoms. The first-order chi connectivity index (χ1) is 13.0. The van der Waals surface area contributed by atoms with Crippen LogP contribution < -0.4 is 0 Å². The second-order valence-electron chi connectivity index (χ2n) is 5.93. The van der Waals surface area contributed by atoms with Gasteiger partial charge in [-0.3, -0.25) is 9.67 Å². The molecule has 0 saturated heterocycles. The van der Waals surface area contributed by atoms with Crippen LogP contribution in [0.4, 0.5) is 13.2 Å². The van der Waals surface area contributed by atoms with Crippen LogP contribution in [0.15, 0.2) is 65.9 Å². The van der Waals surface area contributed by atoms with Gasteiger partial charge in [0.15, 0.2) is 5.82 Å². The lowest BCUT2D eigenvalue weighted by atomic mass is 10.1. The van der Waals surface area contributed by atoms with Crippen LogP contribution in [0.1, 0.15) is 16.8 Å². The number of benzene rings is 1. The van der Waals surface area contributed by atoms with Crippen LogP contribution >= 0.6 is 0 Å². The first-order valence-corrected chi connectivity index (χ1v) is 8.24. The maximum Gasteiger partial charge on any atom is 0.416 e. The summed E-state index contributed by atoms with van der Waals surface area (Å²) in [6, 6.07) is 8.93. The van der Waals surface area contributed by atoms with E-state index in [1.54, 1.807) is 30.6 Å². The Bertz CT molecular complexity index is 1020. The van der Waals surface area contributed by atoms with Crippen molar-refractivity contribution in [3.63, 3.8) is 0 Å². The van der Waals surface area contributed by atoms with Crippen LogP contribution in [0.25, 0.3) is 11.5 Å². The molecule has 0 amide bonds. The number of aromatic nitrogens is 4. The zero-order chi connectivity index (χ0) is 18.9. The van der Waals surface area contributed by atoms with Crippen LogP contribution in [0, 0.1) is 0 Å². The Balaban J connectivity index is 1.79. The Hall–Kier alpha value is -3.29. The molecule has 0 atom stereocenters. The first kappa shape index (κ1) is 17.1. The van der Waals surface area contributed by atoms with Gasteiger partial charge in [-0.15, -0.1) is 0 Å². The van der Waals surface area contributed by atoms with Crippen LogP contribution in [-0.4, -0.2) is 32.0 Å². The zero-order valence-electron chi connectivity index (χ0n) is 14.1. The number of aliphatic imine (C=N–C) groups is 1. The van der Waals surface area contributed by atoms with E-state index < -0.39 is 11.7 Å². The van der Waals surface area contributed by atoms with Gasteiger partial charge in [0.25, 0.3) is 0 Å². The highest BCUT2D eigenvalue weighted by Crippen LogP contribution is 2.32. The van der Waals surface area contributed by atoms with Crippen molar-refractivity contribution in [2.24, 2.45) is 4.99 Å². The summed E-state index contributed by atoms with van der Waals surface area (Å²) in [5.41, 5.74) is 1.25. The standard InChI is InChI=1S/C19H14F3N5/c20-19(21,22)14-6-2-1-5-13(14)12-27-17(15-7-3-8-23-15)11-16(26-27)18-24-9-4-10-25-18/h1-7,9-11H,8,12H2. The van der Waals surface area contributed by atoms with Gasteiger partial charge in [0.2, 0.25) is 0 Å². The predicted molar refractivity (Wildman–Crippen MR) is 94.3 cm³/mol. The smallest absolute Gasteiger partial charge is 0.279 e. The fourth-order valence-electron chi connectivity index (χ4n) is 2.91. The van der Waals surface area contributed by atoms with E-state index in [4.69, 9.17) is 0 Å². The lowest BCUT2D eigenvalue weighted by molar-refractivity contribution is -0.138. The molecule has 0 N–H and O–H groups in total. The summed E-state index contributed by atoms with van der Waals surface area (Å²) < 4.78 is 41.5. The molecule has 4 rings (SSSR count). The SMILES string of the molecule is FC(F)(F)c1ccccc1Cn1nc(-c2ncccn2)cc1C1=NCC=C1. The minimum atomic E-state index is -4.43. The molecule has 5 nitrogen and oxygen atoms in total. The number of alkyl halides is 3. The van der Waals surface area contributed by atoms with Crippen molar-refractivity contribution in [1.29, 1.82) is 0 Å². The summed E-state index contributed by atoms with van der Waals surface area (Å²) in [4.78, 5) is 12.7. The molecule has 1 aromatic carbocycles. The van der Waals surface area contributed by atoms with Crippen molar-refractivity contribution < 1.29 is 13.2 Å². The average molecular weight is 369 g/mol. The summed E-state index contributed by atoms with van der Waals surface area (Å²) in [5.74, 6) is 0.407. The normalized spacial score (nSPS) is 13.8. The van der Waals surface area contributed by atoms with Gasteiger partial charge in [-0.25, -0.2) is 9.97 Å². The maximum atomic E-state index is 13.3. The van der Waals surface area contributed by atoms with Crippen molar-refractivity contribution in [2.45, 2.75) is 12.7 Å². The molecule has 3 heterocycles. The van der Waals surface area contributed by atoms with Gasteiger partial charge in [-0.2, -0.15) is 18.3 Å². The highest BCUT2D eigenvalue weighted by Gasteiger charge is 2.33. The van der Waals surface area contributed by atoms with Gasteiger partial charge in [-0.1, -0.05) is 24.3 Å². The summed E-state index contributed by atoms with van der Waals surface area (Å²) in [5, 5.41) is 4.45. The molecule has 0 saturated carbocycles. The van der Waals surface area contributed by atoms with Crippen LogP contribution in [0.5, 0.6) is 0 Å². The summed E-state index contributed by atoms with van der Waals surface area (Å²) in [6.45, 7) is 0.502. The highest BCUT2D eigenvalue weighted by atomic mass is 19.4. The minimum Gasteiger partial charge on any atom is -0.279 e. The molecule has 136 valence electrons. The second kappa shape index (κ2) is 6.79. The van der Waals surface area contributed by atoms with Crippen molar-refractivity contribution in [1.82, 2.24) is 19.7 Å². The summed E-state index contributed by atoms with van der Waals surface area (Å²) >= 11 is 0. The van der Waals surface area contributed by atoms with E-state index in [2.05, 4.69) is 20.1 Å². The Morgan fingerprint density at radius 1 is 1.04 bits per heavy atom. The van der Waals surface area contributed by atoms with Crippen molar-refractivity contribution in [3.05, 3.63) is 77.8 Å². The highest BCUT2D eigenvalue weighted by molar-refractivity contribution is 6.09. The van der Waals surface area contributed by atoms with E-state index in [0.717, 1.165) is 6.07 Å². The second-order valence-corrected chi connectivity index (χ2v) is 5.93. The lowest BCUT2D eigenvalue weighted by Crippen LogP contribution is -2.15. The van der Waals surface area contributed by atoms with Crippen LogP contribution in [-0.2, 0) is 12.7 Å². The largest absolute Gasteiger partial charge is 0.416 e. The topological polar surface area (TPSA) is 56.0 Å². The number of allylic oxidation sites excluding steroid dienone is 1. The number of nitrogens with zero attached hydrogens (tertiary/aromatic N) is 5. The van der Waals surface area contributed by atoms with Crippen molar-refractivity contribution in [3.8, 4) is 11.5 Å². The van der Waals surface area contributed by atoms with E-state index in [9.17, 15) is 13.2 Å². The van der Waals surface area contributed by atoms with Crippen LogP contribution in [0.3, 0.4) is 0 Å². The van der Waals surface area contributed by atoms with Gasteiger partial charge in [-0.05, 0) is 29.8 Å². The molecular formula is C19H14F3N5. The van der Waals surface area contributed by atoms with Crippen molar-refractivity contribution in [2.75, 3.05) is 6.54 Å². The zero-order valence-corrected chi connectivity index (χ0v) is 14.1. The van der Waals surface area contributed by atoms with Crippen LogP contribution in [0.2, 0.25) is 0 Å². The molecule has 0 fully saturated rings. The van der Waals surface area contributed by atoms with Gasteiger partial charge in [0.05, 0.1) is 30.1 Å². The van der Waals surface area contributed by atoms with Gasteiger partial charge < -0.3 is 0 Å². The third kappa shape index (κ3) is 3.51. The van der Waals surface area contributed by atoms with E-state index in [-0.39, 0.29) is 12.1 Å². The molecule has 0 spiro atoms. The fraction of sp³-hybridized carbons (Fsp3) is 0.158. The monoisotopic (exact) mass is 369 g/mol. The Morgan fingerprint density at radius 3 is 2.52 bits per heavy atom. The quantitative estimate of drug-likeness (QED) is 0.704. The molecule has 27 heavy (non-hydrogen) atoms. The molecule has 1 aliphatic rings. The van der Waals surface area contributed by atoms with Gasteiger partial charge >= 0.3 is 6.18 Å². The van der Waals surface area contributed by atoms with E-state index in [0.29, 0.717) is 29.5 Å². The predicted octanol–water partition coefficient (Wildman–Crippen LogP) is 3.77. The number of hydrogen-bond acceptors (Lipinski definition) is 4. The van der Waals surface area contributed by atoms with E-state index in [1.165, 1.54) is 16.8 Å². The molecule has 2 aromatic heterocycles. The molecular weight excluding hydrogens is 355 g/mol. The van der Waals surface area contributed by atoms with Gasteiger partial charge in [0.1, 0.15) is 5.69 Å². The molecule has 0 radical (unpaired) electrons. The molecule has 8 heteroatoms. The molecule has 3 aromatic rings. The lowest BCUT2D eigenvalue weighted by Gasteiger charge is -2.14. The van der Waals surface area contributed by atoms with E-state index >= 15 is 0 Å². The van der Waals surface area contributed by atoms with E-state index in [1.807, 2.05) is 12.2 Å². The molecule has 0 aliphatic carbocycles. The first-order valence-electron chi connectivity index (χ1n) is 8.24. The summed E-state index contributed by atoms with van der Waals surface area (Å²) in [6.07, 6.45) is 2.47. The Morgan fingerprint density at radius 2 is 1.81 bits per heavy atom. The summed E-state index contributed by atoms with van der Waals surface area (Å²) in [7, 11) is 0. The Labute approximate surface area is 152 Å².